The predicted molar refractivity (Wildman–Crippen MR) is 90.6 cm³/mol. The van der Waals surface area contributed by atoms with Crippen LogP contribution in [0, 0.1) is 0 Å². The molecule has 0 amide bonds. The fourth-order valence-electron chi connectivity index (χ4n) is 2.71. The van der Waals surface area contributed by atoms with Gasteiger partial charge in [0.1, 0.15) is 0 Å². The molecule has 1 fully saturated rings. The zero-order chi connectivity index (χ0) is 17.0. The smallest absolute Gasteiger partial charge is 0.257 e. The van der Waals surface area contributed by atoms with Crippen molar-refractivity contribution in [3.05, 3.63) is 42.7 Å². The van der Waals surface area contributed by atoms with Crippen LogP contribution in [0.2, 0.25) is 0 Å². The maximum Gasteiger partial charge on any atom is 0.257 e. The van der Waals surface area contributed by atoms with Crippen LogP contribution in [-0.2, 0) is 10.0 Å². The molecule has 1 N–H and O–H groups in total. The summed E-state index contributed by atoms with van der Waals surface area (Å²) in [5.74, 6) is 1.13. The Morgan fingerprint density at radius 3 is 2.75 bits per heavy atom. The molecule has 7 nitrogen and oxygen atoms in total. The molecule has 0 unspecified atom stereocenters. The molecule has 1 aliphatic heterocycles. The largest absolute Gasteiger partial charge is 0.475 e. The molecule has 3 rings (SSSR count). The minimum Gasteiger partial charge on any atom is -0.475 e. The van der Waals surface area contributed by atoms with Gasteiger partial charge in [-0.25, -0.2) is 23.1 Å². The molecule has 0 radical (unpaired) electrons. The van der Waals surface area contributed by atoms with Crippen molar-refractivity contribution in [2.24, 2.45) is 0 Å². The summed E-state index contributed by atoms with van der Waals surface area (Å²) in [7, 11) is -3.51. The van der Waals surface area contributed by atoms with Crippen LogP contribution in [0.5, 0.6) is 5.88 Å². The van der Waals surface area contributed by atoms with Gasteiger partial charge in [-0.05, 0) is 25.5 Å². The molecule has 2 heterocycles. The summed E-state index contributed by atoms with van der Waals surface area (Å²) < 4.78 is 33.1. The Bertz CT molecular complexity index is 783. The zero-order valence-electron chi connectivity index (χ0n) is 13.4. The fraction of sp³-hybridized carbons (Fsp3) is 0.375. The van der Waals surface area contributed by atoms with Crippen molar-refractivity contribution >= 4 is 15.8 Å². The van der Waals surface area contributed by atoms with E-state index in [1.54, 1.807) is 42.7 Å². The van der Waals surface area contributed by atoms with Crippen LogP contribution in [0.25, 0.3) is 0 Å². The molecule has 0 aliphatic carbocycles. The van der Waals surface area contributed by atoms with E-state index in [-0.39, 0.29) is 10.9 Å². The minimum atomic E-state index is -3.51. The van der Waals surface area contributed by atoms with Gasteiger partial charge < -0.3 is 9.64 Å². The second kappa shape index (κ2) is 7.14. The van der Waals surface area contributed by atoms with E-state index >= 15 is 0 Å². The van der Waals surface area contributed by atoms with E-state index in [1.807, 2.05) is 11.8 Å². The zero-order valence-corrected chi connectivity index (χ0v) is 14.2. The Balaban J connectivity index is 1.70. The van der Waals surface area contributed by atoms with E-state index in [0.717, 1.165) is 0 Å². The van der Waals surface area contributed by atoms with Crippen molar-refractivity contribution in [2.45, 2.75) is 24.3 Å². The lowest BCUT2D eigenvalue weighted by Gasteiger charge is -2.19. The SMILES string of the molecule is CCOc1nccnc1N1CC[C@@H](NS(=O)(=O)c2ccccc2)C1. The van der Waals surface area contributed by atoms with Crippen molar-refractivity contribution in [3.63, 3.8) is 0 Å². The Morgan fingerprint density at radius 1 is 1.25 bits per heavy atom. The third-order valence-corrected chi connectivity index (χ3v) is 5.33. The first-order chi connectivity index (χ1) is 11.6. The molecule has 1 aliphatic rings. The number of benzene rings is 1. The molecule has 128 valence electrons. The number of aromatic nitrogens is 2. The quantitative estimate of drug-likeness (QED) is 0.850. The summed E-state index contributed by atoms with van der Waals surface area (Å²) in [4.78, 5) is 10.8. The van der Waals surface area contributed by atoms with Crippen molar-refractivity contribution in [2.75, 3.05) is 24.6 Å². The van der Waals surface area contributed by atoms with Crippen LogP contribution in [-0.4, -0.2) is 44.1 Å². The number of hydrogen-bond donors (Lipinski definition) is 1. The highest BCUT2D eigenvalue weighted by molar-refractivity contribution is 7.89. The standard InChI is InChI=1S/C16H20N4O3S/c1-2-23-16-15(17-9-10-18-16)20-11-8-13(12-20)19-24(21,22)14-6-4-3-5-7-14/h3-7,9-10,13,19H,2,8,11-12H2,1H3/t13-/m1/s1. The van der Waals surface area contributed by atoms with Crippen molar-refractivity contribution < 1.29 is 13.2 Å². The summed E-state index contributed by atoms with van der Waals surface area (Å²) >= 11 is 0. The van der Waals surface area contributed by atoms with Crippen LogP contribution < -0.4 is 14.4 Å². The number of anilines is 1. The molecule has 2 aromatic rings. The lowest BCUT2D eigenvalue weighted by atomic mass is 10.3. The van der Waals surface area contributed by atoms with Crippen LogP contribution in [0.1, 0.15) is 13.3 Å². The Hall–Kier alpha value is -2.19. The van der Waals surface area contributed by atoms with Gasteiger partial charge in [0.05, 0.1) is 11.5 Å². The maximum atomic E-state index is 12.4. The summed E-state index contributed by atoms with van der Waals surface area (Å²) in [5.41, 5.74) is 0. The Kier molecular flexibility index (Phi) is 4.96. The van der Waals surface area contributed by atoms with Gasteiger partial charge in [-0.3, -0.25) is 0 Å². The average Bonchev–Trinajstić information content (AvgIpc) is 3.04. The third kappa shape index (κ3) is 3.65. The summed E-state index contributed by atoms with van der Waals surface area (Å²) in [6, 6.07) is 8.22. The third-order valence-electron chi connectivity index (χ3n) is 3.79. The highest BCUT2D eigenvalue weighted by Gasteiger charge is 2.29. The van der Waals surface area contributed by atoms with Crippen molar-refractivity contribution in [3.8, 4) is 5.88 Å². The normalized spacial score (nSPS) is 17.9. The van der Waals surface area contributed by atoms with E-state index in [2.05, 4.69) is 14.7 Å². The Labute approximate surface area is 141 Å². The van der Waals surface area contributed by atoms with Crippen molar-refractivity contribution in [1.29, 1.82) is 0 Å². The van der Waals surface area contributed by atoms with Crippen LogP contribution in [0.4, 0.5) is 5.82 Å². The molecule has 0 bridgehead atoms. The number of hydrogen-bond acceptors (Lipinski definition) is 6. The van der Waals surface area contributed by atoms with Gasteiger partial charge in [0, 0.05) is 31.5 Å². The molecule has 1 atom stereocenters. The second-order valence-corrected chi connectivity index (χ2v) is 7.20. The molecular weight excluding hydrogens is 328 g/mol. The van der Waals surface area contributed by atoms with Gasteiger partial charge in [-0.15, -0.1) is 0 Å². The molecule has 1 aromatic heterocycles. The number of ether oxygens (including phenoxy) is 1. The maximum absolute atomic E-state index is 12.4. The highest BCUT2D eigenvalue weighted by atomic mass is 32.2. The van der Waals surface area contributed by atoms with E-state index < -0.39 is 10.0 Å². The van der Waals surface area contributed by atoms with Crippen LogP contribution >= 0.6 is 0 Å². The van der Waals surface area contributed by atoms with Crippen LogP contribution in [0.3, 0.4) is 0 Å². The predicted octanol–water partition coefficient (Wildman–Crippen LogP) is 1.43. The molecule has 0 spiro atoms. The molecule has 0 saturated carbocycles. The van der Waals surface area contributed by atoms with Gasteiger partial charge in [-0.1, -0.05) is 18.2 Å². The lowest BCUT2D eigenvalue weighted by Crippen LogP contribution is -2.37. The lowest BCUT2D eigenvalue weighted by molar-refractivity contribution is 0.326. The summed E-state index contributed by atoms with van der Waals surface area (Å²) in [5, 5.41) is 0. The first kappa shape index (κ1) is 16.7. The van der Waals surface area contributed by atoms with E-state index in [9.17, 15) is 8.42 Å². The number of nitrogens with zero attached hydrogens (tertiary/aromatic N) is 3. The van der Waals surface area contributed by atoms with Gasteiger partial charge >= 0.3 is 0 Å². The molecule has 1 saturated heterocycles. The monoisotopic (exact) mass is 348 g/mol. The molecule has 24 heavy (non-hydrogen) atoms. The highest BCUT2D eigenvalue weighted by Crippen LogP contribution is 2.26. The van der Waals surface area contributed by atoms with Gasteiger partial charge in [0.25, 0.3) is 5.88 Å². The Morgan fingerprint density at radius 2 is 2.00 bits per heavy atom. The minimum absolute atomic E-state index is 0.174. The van der Waals surface area contributed by atoms with E-state index in [1.165, 1.54) is 0 Å². The molecule has 8 heteroatoms. The van der Waals surface area contributed by atoms with Gasteiger partial charge in [-0.2, -0.15) is 0 Å². The first-order valence-electron chi connectivity index (χ1n) is 7.86. The first-order valence-corrected chi connectivity index (χ1v) is 9.34. The molecular formula is C16H20N4O3S. The topological polar surface area (TPSA) is 84.4 Å². The van der Waals surface area contributed by atoms with E-state index in [4.69, 9.17) is 4.74 Å². The number of nitrogens with one attached hydrogen (secondary N) is 1. The van der Waals surface area contributed by atoms with Crippen molar-refractivity contribution in [1.82, 2.24) is 14.7 Å². The summed E-state index contributed by atoms with van der Waals surface area (Å²) in [6.07, 6.45) is 3.90. The second-order valence-electron chi connectivity index (χ2n) is 5.48. The van der Waals surface area contributed by atoms with Crippen LogP contribution in [0.15, 0.2) is 47.6 Å². The van der Waals surface area contributed by atoms with E-state index in [0.29, 0.717) is 37.8 Å². The summed E-state index contributed by atoms with van der Waals surface area (Å²) in [6.45, 7) is 3.62. The average molecular weight is 348 g/mol. The van der Waals surface area contributed by atoms with Gasteiger partial charge in [0.15, 0.2) is 5.82 Å². The number of rotatable bonds is 6. The number of sulfonamides is 1. The molecule has 1 aromatic carbocycles. The van der Waals surface area contributed by atoms with Gasteiger partial charge in [0.2, 0.25) is 10.0 Å². The fourth-order valence-corrected chi connectivity index (χ4v) is 3.99.